The lowest BCUT2D eigenvalue weighted by Gasteiger charge is -2.09. The first-order valence-electron chi connectivity index (χ1n) is 6.42. The lowest BCUT2D eigenvalue weighted by Crippen LogP contribution is -2.30. The summed E-state index contributed by atoms with van der Waals surface area (Å²) in [6, 6.07) is 7.63. The van der Waals surface area contributed by atoms with Crippen LogP contribution in [-0.2, 0) is 11.2 Å². The second kappa shape index (κ2) is 11.3. The van der Waals surface area contributed by atoms with Crippen molar-refractivity contribution >= 4 is 5.78 Å². The number of carbonyl (C=O) groups excluding carboxylic acids is 1. The van der Waals surface area contributed by atoms with Crippen LogP contribution in [0.15, 0.2) is 24.3 Å². The first kappa shape index (κ1) is 18.2. The highest BCUT2D eigenvalue weighted by Gasteiger charge is 2.09. The molecule has 0 aromatic heterocycles. The minimum Gasteiger partial charge on any atom is -0.321 e. The zero-order valence-electron chi connectivity index (χ0n) is 12.1. The average molecular weight is 237 g/mol. The molecule has 0 unspecified atom stereocenters. The molecular formula is C15H27NO. The van der Waals surface area contributed by atoms with Gasteiger partial charge in [-0.3, -0.25) is 4.79 Å². The molecule has 1 aromatic rings. The van der Waals surface area contributed by atoms with Crippen LogP contribution in [0, 0.1) is 6.92 Å². The quantitative estimate of drug-likeness (QED) is 0.874. The molecule has 2 nitrogen and oxygen atoms in total. The minimum atomic E-state index is -0.360. The van der Waals surface area contributed by atoms with Gasteiger partial charge in [0, 0.05) is 0 Å². The third kappa shape index (κ3) is 7.70. The van der Waals surface area contributed by atoms with E-state index in [9.17, 15) is 4.79 Å². The highest BCUT2D eigenvalue weighted by molar-refractivity contribution is 5.81. The molecule has 1 aromatic carbocycles. The van der Waals surface area contributed by atoms with Crippen molar-refractivity contribution in [1.29, 1.82) is 0 Å². The van der Waals surface area contributed by atoms with Crippen molar-refractivity contribution in [2.45, 2.75) is 54.0 Å². The number of carbonyl (C=O) groups is 1. The van der Waals surface area contributed by atoms with E-state index in [0.29, 0.717) is 6.42 Å². The van der Waals surface area contributed by atoms with E-state index in [1.54, 1.807) is 0 Å². The molecule has 0 saturated carbocycles. The van der Waals surface area contributed by atoms with E-state index < -0.39 is 0 Å². The lowest BCUT2D eigenvalue weighted by atomic mass is 10.00. The van der Waals surface area contributed by atoms with Gasteiger partial charge in [-0.2, -0.15) is 0 Å². The highest BCUT2D eigenvalue weighted by atomic mass is 16.1. The molecule has 0 amide bonds. The van der Waals surface area contributed by atoms with E-state index in [1.165, 1.54) is 12.5 Å². The van der Waals surface area contributed by atoms with E-state index >= 15 is 0 Å². The Morgan fingerprint density at radius 2 is 1.65 bits per heavy atom. The van der Waals surface area contributed by atoms with Crippen molar-refractivity contribution in [3.63, 3.8) is 0 Å². The average Bonchev–Trinajstić information content (AvgIpc) is 2.37. The van der Waals surface area contributed by atoms with Crippen LogP contribution in [-0.4, -0.2) is 11.8 Å². The number of Topliss-reactive ketones (excluding diaryl/α,β-unsaturated/α-hetero) is 1. The summed E-state index contributed by atoms with van der Waals surface area (Å²) in [7, 11) is 0. The molecule has 1 rings (SSSR count). The Labute approximate surface area is 106 Å². The monoisotopic (exact) mass is 237 g/mol. The maximum Gasteiger partial charge on any atom is 0.146 e. The number of benzene rings is 1. The Morgan fingerprint density at radius 3 is 2.06 bits per heavy atom. The molecule has 0 radical (unpaired) electrons. The van der Waals surface area contributed by atoms with Gasteiger partial charge in [0.25, 0.3) is 0 Å². The van der Waals surface area contributed by atoms with Crippen LogP contribution in [0.5, 0.6) is 0 Å². The summed E-state index contributed by atoms with van der Waals surface area (Å²) >= 11 is 0. The first-order valence-corrected chi connectivity index (χ1v) is 6.42. The molecule has 2 heteroatoms. The summed E-state index contributed by atoms with van der Waals surface area (Å²) in [6.45, 7) is 11.6. The summed E-state index contributed by atoms with van der Waals surface area (Å²) in [5.74, 6) is 0.0447. The van der Waals surface area contributed by atoms with E-state index in [0.717, 1.165) is 5.56 Å². The van der Waals surface area contributed by atoms with Crippen molar-refractivity contribution < 1.29 is 4.79 Å². The van der Waals surface area contributed by atoms with E-state index in [4.69, 9.17) is 5.73 Å². The molecular weight excluding hydrogens is 210 g/mol. The van der Waals surface area contributed by atoms with Crippen LogP contribution in [0.25, 0.3) is 0 Å². The van der Waals surface area contributed by atoms with Crippen molar-refractivity contribution in [2.24, 2.45) is 5.73 Å². The number of hydrogen-bond acceptors (Lipinski definition) is 2. The number of aryl methyl sites for hydroxylation is 1. The minimum absolute atomic E-state index is 0.0447. The molecule has 1 atom stereocenters. The van der Waals surface area contributed by atoms with Crippen LogP contribution >= 0.6 is 0 Å². The second-order valence-electron chi connectivity index (χ2n) is 3.35. The zero-order valence-corrected chi connectivity index (χ0v) is 12.1. The number of nitrogens with two attached hydrogens (primary N) is 1. The predicted octanol–water partition coefficient (Wildman–Crippen LogP) is 3.51. The summed E-state index contributed by atoms with van der Waals surface area (Å²) < 4.78 is 0. The van der Waals surface area contributed by atoms with Crippen LogP contribution in [0.1, 0.15) is 45.7 Å². The second-order valence-corrected chi connectivity index (χ2v) is 3.35. The zero-order chi connectivity index (χ0) is 13.8. The fourth-order valence-electron chi connectivity index (χ4n) is 1.22. The van der Waals surface area contributed by atoms with Gasteiger partial charge in [0.1, 0.15) is 5.78 Å². The van der Waals surface area contributed by atoms with Gasteiger partial charge in [-0.15, -0.1) is 0 Å². The molecule has 0 aliphatic heterocycles. The Hall–Kier alpha value is -1.15. The molecule has 17 heavy (non-hydrogen) atoms. The largest absolute Gasteiger partial charge is 0.321 e. The Bertz CT molecular complexity index is 308. The summed E-state index contributed by atoms with van der Waals surface area (Å²) in [4.78, 5) is 10.9. The molecule has 0 aliphatic carbocycles. The Balaban J connectivity index is 0. The molecule has 0 aliphatic rings. The fraction of sp³-hybridized carbons (Fsp3) is 0.533. The normalized spacial score (nSPS) is 10.3. The van der Waals surface area contributed by atoms with Crippen molar-refractivity contribution in [3.05, 3.63) is 35.4 Å². The van der Waals surface area contributed by atoms with Gasteiger partial charge < -0.3 is 5.73 Å². The van der Waals surface area contributed by atoms with Crippen LogP contribution in [0.3, 0.4) is 0 Å². The summed E-state index contributed by atoms with van der Waals surface area (Å²) in [5.41, 5.74) is 8.02. The number of ketones is 1. The standard InChI is InChI=1S/C11H15NO.2C2H6/c1-8-5-3-4-6-10(8)7-11(12)9(2)13;2*1-2/h3-6,11H,7,12H2,1-2H3;2*1-2H3/t11-;;/m0../s1. The maximum atomic E-state index is 10.9. The van der Waals surface area contributed by atoms with Gasteiger partial charge in [-0.1, -0.05) is 52.0 Å². The maximum absolute atomic E-state index is 10.9. The lowest BCUT2D eigenvalue weighted by molar-refractivity contribution is -0.118. The van der Waals surface area contributed by atoms with Gasteiger partial charge in [0.2, 0.25) is 0 Å². The van der Waals surface area contributed by atoms with Crippen molar-refractivity contribution in [3.8, 4) is 0 Å². The molecule has 0 fully saturated rings. The Morgan fingerprint density at radius 1 is 1.18 bits per heavy atom. The van der Waals surface area contributed by atoms with Crippen LogP contribution in [0.2, 0.25) is 0 Å². The number of rotatable bonds is 3. The van der Waals surface area contributed by atoms with Crippen LogP contribution < -0.4 is 5.73 Å². The molecule has 98 valence electrons. The van der Waals surface area contributed by atoms with Crippen molar-refractivity contribution in [1.82, 2.24) is 0 Å². The summed E-state index contributed by atoms with van der Waals surface area (Å²) in [5, 5.41) is 0. The van der Waals surface area contributed by atoms with Gasteiger partial charge in [-0.25, -0.2) is 0 Å². The summed E-state index contributed by atoms with van der Waals surface area (Å²) in [6.07, 6.45) is 0.641. The molecule has 0 bridgehead atoms. The van der Waals surface area contributed by atoms with E-state index in [2.05, 4.69) is 0 Å². The first-order chi connectivity index (χ1) is 8.11. The van der Waals surface area contributed by atoms with Gasteiger partial charge in [-0.05, 0) is 31.4 Å². The van der Waals surface area contributed by atoms with Gasteiger partial charge in [0.05, 0.1) is 6.04 Å². The predicted molar refractivity (Wildman–Crippen MR) is 76.2 cm³/mol. The van der Waals surface area contributed by atoms with E-state index in [-0.39, 0.29) is 11.8 Å². The molecule has 0 spiro atoms. The van der Waals surface area contributed by atoms with Gasteiger partial charge >= 0.3 is 0 Å². The fourth-order valence-corrected chi connectivity index (χ4v) is 1.22. The topological polar surface area (TPSA) is 43.1 Å². The molecule has 0 heterocycles. The molecule has 2 N–H and O–H groups in total. The van der Waals surface area contributed by atoms with Crippen molar-refractivity contribution in [2.75, 3.05) is 0 Å². The Kier molecular flexibility index (Phi) is 12.2. The van der Waals surface area contributed by atoms with Crippen LogP contribution in [0.4, 0.5) is 0 Å². The smallest absolute Gasteiger partial charge is 0.146 e. The third-order valence-electron chi connectivity index (χ3n) is 2.22. The van der Waals surface area contributed by atoms with E-state index in [1.807, 2.05) is 58.9 Å². The number of hydrogen-bond donors (Lipinski definition) is 1. The third-order valence-corrected chi connectivity index (χ3v) is 2.22. The molecule has 0 saturated heterocycles. The SMILES string of the molecule is CC.CC.CC(=O)[C@@H](N)Cc1ccccc1C. The highest BCUT2D eigenvalue weighted by Crippen LogP contribution is 2.09. The van der Waals surface area contributed by atoms with Gasteiger partial charge in [0.15, 0.2) is 0 Å².